The third-order valence-electron chi connectivity index (χ3n) is 4.30. The van der Waals surface area contributed by atoms with Crippen LogP contribution in [0.5, 0.6) is 0 Å². The fraction of sp³-hybridized carbons (Fsp3) is 0.0909. The van der Waals surface area contributed by atoms with Gasteiger partial charge in [0, 0.05) is 10.0 Å². The first kappa shape index (κ1) is 21.7. The maximum absolute atomic E-state index is 13.3. The molecule has 0 aliphatic carbocycles. The highest BCUT2D eigenvalue weighted by Gasteiger charge is 2.27. The lowest BCUT2D eigenvalue weighted by Gasteiger charge is -2.25. The number of para-hydroxylation sites is 1. The van der Waals surface area contributed by atoms with Crippen LogP contribution >= 0.6 is 15.9 Å². The minimum absolute atomic E-state index is 0.109. The lowest BCUT2D eigenvalue weighted by molar-refractivity contribution is -0.119. The minimum Gasteiger partial charge on any atom is -0.271 e. The Kier molecular flexibility index (Phi) is 7.02. The summed E-state index contributed by atoms with van der Waals surface area (Å²) in [7, 11) is -3.94. The summed E-state index contributed by atoms with van der Waals surface area (Å²) in [4.78, 5) is 12.7. The Morgan fingerprint density at radius 3 is 2.33 bits per heavy atom. The Balaban J connectivity index is 1.85. The number of hydrogen-bond donors (Lipinski definition) is 1. The largest absolute Gasteiger partial charge is 0.271 e. The number of anilines is 1. The van der Waals surface area contributed by atoms with Gasteiger partial charge in [0.1, 0.15) is 6.54 Å². The van der Waals surface area contributed by atoms with Gasteiger partial charge in [0.25, 0.3) is 15.9 Å². The summed E-state index contributed by atoms with van der Waals surface area (Å²) in [6.07, 6.45) is 1.49. The highest BCUT2D eigenvalue weighted by atomic mass is 79.9. The fourth-order valence-corrected chi connectivity index (χ4v) is 4.68. The van der Waals surface area contributed by atoms with Crippen molar-refractivity contribution in [1.82, 2.24) is 5.43 Å². The zero-order valence-electron chi connectivity index (χ0n) is 16.2. The third-order valence-corrected chi connectivity index (χ3v) is 6.80. The molecule has 0 aromatic heterocycles. The molecule has 6 nitrogen and oxygen atoms in total. The number of hydrazone groups is 1. The summed E-state index contributed by atoms with van der Waals surface area (Å²) < 4.78 is 28.5. The van der Waals surface area contributed by atoms with E-state index in [4.69, 9.17) is 0 Å². The normalized spacial score (nSPS) is 11.4. The van der Waals surface area contributed by atoms with Crippen LogP contribution in [0.25, 0.3) is 0 Å². The van der Waals surface area contributed by atoms with E-state index in [-0.39, 0.29) is 4.90 Å². The second-order valence-electron chi connectivity index (χ2n) is 6.43. The van der Waals surface area contributed by atoms with Crippen molar-refractivity contribution in [1.29, 1.82) is 0 Å². The third kappa shape index (κ3) is 5.14. The molecule has 0 unspecified atom stereocenters. The summed E-state index contributed by atoms with van der Waals surface area (Å²) >= 11 is 3.40. The molecule has 0 fully saturated rings. The van der Waals surface area contributed by atoms with Crippen molar-refractivity contribution in [2.75, 3.05) is 10.8 Å². The summed E-state index contributed by atoms with van der Waals surface area (Å²) in [5, 5.41) is 3.95. The predicted molar refractivity (Wildman–Crippen MR) is 122 cm³/mol. The first-order valence-electron chi connectivity index (χ1n) is 9.09. The van der Waals surface area contributed by atoms with Gasteiger partial charge >= 0.3 is 0 Å². The molecular formula is C22H20BrN3O3S. The van der Waals surface area contributed by atoms with Crippen molar-refractivity contribution >= 4 is 43.8 Å². The molecule has 8 heteroatoms. The molecule has 0 aliphatic heterocycles. The lowest BCUT2D eigenvalue weighted by Crippen LogP contribution is -2.40. The van der Waals surface area contributed by atoms with Gasteiger partial charge in [-0.25, -0.2) is 13.8 Å². The molecule has 0 saturated heterocycles. The molecule has 0 heterocycles. The van der Waals surface area contributed by atoms with Crippen LogP contribution < -0.4 is 9.73 Å². The number of carbonyl (C=O) groups is 1. The van der Waals surface area contributed by atoms with E-state index in [9.17, 15) is 13.2 Å². The number of hydrogen-bond acceptors (Lipinski definition) is 4. The summed E-state index contributed by atoms with van der Waals surface area (Å²) in [5.41, 5.74) is 4.36. The molecule has 3 aromatic carbocycles. The zero-order valence-corrected chi connectivity index (χ0v) is 18.6. The summed E-state index contributed by atoms with van der Waals surface area (Å²) in [5.74, 6) is -0.555. The molecule has 1 N–H and O–H groups in total. The van der Waals surface area contributed by atoms with Crippen molar-refractivity contribution in [3.63, 3.8) is 0 Å². The predicted octanol–water partition coefficient (Wildman–Crippen LogP) is 4.10. The molecule has 0 aliphatic rings. The number of sulfonamides is 1. The molecular weight excluding hydrogens is 466 g/mol. The Bertz CT molecular complexity index is 1170. The van der Waals surface area contributed by atoms with Crippen LogP contribution in [0.4, 0.5) is 5.69 Å². The molecule has 0 saturated carbocycles. The van der Waals surface area contributed by atoms with Crippen LogP contribution in [0.1, 0.15) is 11.1 Å². The fourth-order valence-electron chi connectivity index (χ4n) is 2.78. The van der Waals surface area contributed by atoms with E-state index in [0.29, 0.717) is 5.69 Å². The second-order valence-corrected chi connectivity index (χ2v) is 9.14. The molecule has 1 amide bonds. The summed E-state index contributed by atoms with van der Waals surface area (Å²) in [6, 6.07) is 22.5. The smallest absolute Gasteiger partial charge is 0.264 e. The van der Waals surface area contributed by atoms with Gasteiger partial charge in [-0.15, -0.1) is 0 Å². The van der Waals surface area contributed by atoms with Gasteiger partial charge in [-0.05, 0) is 36.8 Å². The molecule has 154 valence electrons. The molecule has 0 bridgehead atoms. The number of halogens is 1. The van der Waals surface area contributed by atoms with Crippen LogP contribution in [-0.2, 0) is 14.8 Å². The number of benzene rings is 3. The van der Waals surface area contributed by atoms with Gasteiger partial charge in [0.2, 0.25) is 0 Å². The summed E-state index contributed by atoms with van der Waals surface area (Å²) in [6.45, 7) is 1.39. The first-order chi connectivity index (χ1) is 14.4. The molecule has 0 spiro atoms. The minimum atomic E-state index is -3.94. The van der Waals surface area contributed by atoms with Gasteiger partial charge in [0.15, 0.2) is 0 Å². The van der Waals surface area contributed by atoms with Crippen LogP contribution in [0.3, 0.4) is 0 Å². The van der Waals surface area contributed by atoms with E-state index in [1.165, 1.54) is 18.3 Å². The van der Waals surface area contributed by atoms with Crippen LogP contribution in [0.2, 0.25) is 0 Å². The second kappa shape index (κ2) is 9.69. The standard InChI is InChI=1S/C22H20BrN3O3S/c1-17-9-5-8-14-21(17)26(30(28,29)19-11-3-2-4-12-19)16-22(27)25-24-15-18-10-6-7-13-20(18)23/h2-15H,16H2,1H3,(H,25,27)/b24-15-. The first-order valence-corrected chi connectivity index (χ1v) is 11.3. The van der Waals surface area contributed by atoms with Crippen molar-refractivity contribution in [3.8, 4) is 0 Å². The topological polar surface area (TPSA) is 78.8 Å². The van der Waals surface area contributed by atoms with Gasteiger partial charge < -0.3 is 0 Å². The van der Waals surface area contributed by atoms with Crippen molar-refractivity contribution in [2.24, 2.45) is 5.10 Å². The number of amides is 1. The van der Waals surface area contributed by atoms with Crippen LogP contribution in [0, 0.1) is 6.92 Å². The Morgan fingerprint density at radius 1 is 1.00 bits per heavy atom. The number of nitrogens with zero attached hydrogens (tertiary/aromatic N) is 2. The number of aryl methyl sites for hydroxylation is 1. The lowest BCUT2D eigenvalue weighted by atomic mass is 10.2. The maximum Gasteiger partial charge on any atom is 0.264 e. The number of rotatable bonds is 7. The molecule has 0 atom stereocenters. The Hall–Kier alpha value is -2.97. The Morgan fingerprint density at radius 2 is 1.63 bits per heavy atom. The van der Waals surface area contributed by atoms with Gasteiger partial charge in [-0.1, -0.05) is 70.5 Å². The monoisotopic (exact) mass is 485 g/mol. The Labute approximate surface area is 184 Å². The molecule has 30 heavy (non-hydrogen) atoms. The van der Waals surface area contributed by atoms with Crippen molar-refractivity contribution in [3.05, 3.63) is 94.5 Å². The quantitative estimate of drug-likeness (QED) is 0.404. The molecule has 3 aromatic rings. The van der Waals surface area contributed by atoms with E-state index in [1.807, 2.05) is 30.3 Å². The van der Waals surface area contributed by atoms with Crippen molar-refractivity contribution in [2.45, 2.75) is 11.8 Å². The van der Waals surface area contributed by atoms with Crippen molar-refractivity contribution < 1.29 is 13.2 Å². The van der Waals surface area contributed by atoms with Crippen LogP contribution in [-0.4, -0.2) is 27.1 Å². The average molecular weight is 486 g/mol. The van der Waals surface area contributed by atoms with E-state index in [2.05, 4.69) is 26.5 Å². The van der Waals surface area contributed by atoms with E-state index in [0.717, 1.165) is 19.9 Å². The van der Waals surface area contributed by atoms with Gasteiger partial charge in [0.05, 0.1) is 16.8 Å². The van der Waals surface area contributed by atoms with Gasteiger partial charge in [-0.2, -0.15) is 5.10 Å². The molecule has 3 rings (SSSR count). The van der Waals surface area contributed by atoms with Crippen LogP contribution in [0.15, 0.2) is 93.3 Å². The highest BCUT2D eigenvalue weighted by molar-refractivity contribution is 9.10. The zero-order chi connectivity index (χ0) is 21.6. The van der Waals surface area contributed by atoms with E-state index < -0.39 is 22.5 Å². The average Bonchev–Trinajstić information content (AvgIpc) is 2.74. The van der Waals surface area contributed by atoms with E-state index in [1.54, 1.807) is 43.3 Å². The SMILES string of the molecule is Cc1ccccc1N(CC(=O)N/N=C\c1ccccc1Br)S(=O)(=O)c1ccccc1. The number of nitrogens with one attached hydrogen (secondary N) is 1. The maximum atomic E-state index is 13.3. The molecule has 0 radical (unpaired) electrons. The van der Waals surface area contributed by atoms with Gasteiger partial charge in [-0.3, -0.25) is 9.10 Å². The van der Waals surface area contributed by atoms with E-state index >= 15 is 0 Å². The highest BCUT2D eigenvalue weighted by Crippen LogP contribution is 2.26. The number of carbonyl (C=O) groups excluding carboxylic acids is 1.